The van der Waals surface area contributed by atoms with Gasteiger partial charge in [0.25, 0.3) is 0 Å². The molecule has 1 amide bonds. The van der Waals surface area contributed by atoms with Crippen LogP contribution in [0.4, 0.5) is 0 Å². The second-order valence-electron chi connectivity index (χ2n) is 7.71. The molecular weight excluding hydrogens is 430 g/mol. The minimum Gasteiger partial charge on any atom is -0.351 e. The Hall–Kier alpha value is -2.58. The molecule has 2 heterocycles. The largest absolute Gasteiger partial charge is 0.351 e. The highest BCUT2D eigenvalue weighted by Gasteiger charge is 2.30. The topological polar surface area (TPSA) is 81.1 Å². The van der Waals surface area contributed by atoms with E-state index in [1.54, 1.807) is 0 Å². The van der Waals surface area contributed by atoms with Crippen molar-refractivity contribution in [1.82, 2.24) is 15.1 Å². The lowest BCUT2D eigenvalue weighted by atomic mass is 10.1. The van der Waals surface area contributed by atoms with Crippen LogP contribution >= 0.6 is 11.8 Å². The summed E-state index contributed by atoms with van der Waals surface area (Å²) in [7, 11) is -3.01. The zero-order valence-corrected chi connectivity index (χ0v) is 18.9. The lowest BCUT2D eigenvalue weighted by Crippen LogP contribution is -2.40. The molecule has 2 aromatic carbocycles. The highest BCUT2D eigenvalue weighted by Crippen LogP contribution is 2.28. The summed E-state index contributed by atoms with van der Waals surface area (Å²) in [5, 5.41) is 7.40. The Morgan fingerprint density at radius 2 is 1.84 bits per heavy atom. The molecule has 0 spiro atoms. The first-order valence-corrected chi connectivity index (χ1v) is 13.1. The summed E-state index contributed by atoms with van der Waals surface area (Å²) in [6.45, 7) is 1.85. The number of rotatable bonds is 7. The van der Waals surface area contributed by atoms with Crippen molar-refractivity contribution in [3.8, 4) is 16.9 Å². The monoisotopic (exact) mass is 455 g/mol. The molecule has 1 aliphatic rings. The lowest BCUT2D eigenvalue weighted by Gasteiger charge is -2.15. The van der Waals surface area contributed by atoms with Gasteiger partial charge >= 0.3 is 0 Å². The van der Waals surface area contributed by atoms with E-state index < -0.39 is 9.84 Å². The number of carbonyl (C=O) groups excluding carboxylic acids is 1. The third-order valence-corrected chi connectivity index (χ3v) is 8.25. The first-order chi connectivity index (χ1) is 14.9. The van der Waals surface area contributed by atoms with Crippen molar-refractivity contribution < 1.29 is 13.2 Å². The van der Waals surface area contributed by atoms with E-state index in [1.807, 2.05) is 78.5 Å². The normalized spacial score (nSPS) is 18.5. The second-order valence-corrected chi connectivity index (χ2v) is 11.3. The summed E-state index contributed by atoms with van der Waals surface area (Å²) in [5.74, 6) is 0.689. The smallest absolute Gasteiger partial charge is 0.233 e. The SMILES string of the molecule is C[C@@H](SCc1cn(-c2ccccc2)nc1-c1ccccc1)C(=O)N[C@@H]1CCS(=O)(=O)C1. The van der Waals surface area contributed by atoms with Crippen molar-refractivity contribution in [2.24, 2.45) is 0 Å². The zero-order chi connectivity index (χ0) is 21.8. The molecule has 4 rings (SSSR count). The van der Waals surface area contributed by atoms with Crippen LogP contribution in [0.1, 0.15) is 18.9 Å². The average molecular weight is 456 g/mol. The van der Waals surface area contributed by atoms with Crippen molar-refractivity contribution in [2.45, 2.75) is 30.4 Å². The van der Waals surface area contributed by atoms with Crippen molar-refractivity contribution in [3.05, 3.63) is 72.4 Å². The molecule has 1 N–H and O–H groups in total. The molecule has 6 nitrogen and oxygen atoms in total. The van der Waals surface area contributed by atoms with E-state index in [-0.39, 0.29) is 28.7 Å². The minimum atomic E-state index is -3.01. The number of hydrogen-bond acceptors (Lipinski definition) is 5. The molecular formula is C23H25N3O3S2. The molecule has 0 bridgehead atoms. The molecule has 8 heteroatoms. The Morgan fingerprint density at radius 1 is 1.16 bits per heavy atom. The van der Waals surface area contributed by atoms with Gasteiger partial charge in [0.05, 0.1) is 28.1 Å². The summed E-state index contributed by atoms with van der Waals surface area (Å²) in [6.07, 6.45) is 2.51. The third-order valence-electron chi connectivity index (χ3n) is 5.29. The van der Waals surface area contributed by atoms with E-state index in [2.05, 4.69) is 5.32 Å². The summed E-state index contributed by atoms with van der Waals surface area (Å²) < 4.78 is 25.1. The van der Waals surface area contributed by atoms with Gasteiger partial charge in [-0.1, -0.05) is 48.5 Å². The molecule has 1 aromatic heterocycles. The zero-order valence-electron chi connectivity index (χ0n) is 17.3. The molecule has 0 aliphatic carbocycles. The van der Waals surface area contributed by atoms with E-state index in [1.165, 1.54) is 11.8 Å². The maximum atomic E-state index is 12.6. The van der Waals surface area contributed by atoms with E-state index in [0.29, 0.717) is 12.2 Å². The van der Waals surface area contributed by atoms with Crippen LogP contribution in [0.5, 0.6) is 0 Å². The Bertz CT molecular complexity index is 1150. The summed E-state index contributed by atoms with van der Waals surface area (Å²) in [5.41, 5.74) is 3.94. The molecule has 0 radical (unpaired) electrons. The van der Waals surface area contributed by atoms with Gasteiger partial charge in [0.1, 0.15) is 0 Å². The Balaban J connectivity index is 1.48. The summed E-state index contributed by atoms with van der Waals surface area (Å²) >= 11 is 1.52. The highest BCUT2D eigenvalue weighted by molar-refractivity contribution is 7.99. The molecule has 31 heavy (non-hydrogen) atoms. The van der Waals surface area contributed by atoms with Crippen molar-refractivity contribution in [1.29, 1.82) is 0 Å². The van der Waals surface area contributed by atoms with Gasteiger partial charge in [-0.2, -0.15) is 5.10 Å². The van der Waals surface area contributed by atoms with Gasteiger partial charge in [-0.15, -0.1) is 11.8 Å². The Labute approximate surface area is 187 Å². The predicted octanol–water partition coefficient (Wildman–Crippen LogP) is 3.46. The van der Waals surface area contributed by atoms with Gasteiger partial charge in [-0.3, -0.25) is 4.79 Å². The van der Waals surface area contributed by atoms with E-state index in [9.17, 15) is 13.2 Å². The molecule has 0 saturated carbocycles. The number of nitrogens with one attached hydrogen (secondary N) is 1. The number of amides is 1. The molecule has 162 valence electrons. The van der Waals surface area contributed by atoms with Crippen LogP contribution in [0.2, 0.25) is 0 Å². The number of aromatic nitrogens is 2. The van der Waals surface area contributed by atoms with Crippen LogP contribution in [0.25, 0.3) is 16.9 Å². The van der Waals surface area contributed by atoms with Gasteiger partial charge in [0.2, 0.25) is 5.91 Å². The average Bonchev–Trinajstić information content (AvgIpc) is 3.36. The Morgan fingerprint density at radius 3 is 2.48 bits per heavy atom. The number of benzene rings is 2. The number of para-hydroxylation sites is 1. The maximum Gasteiger partial charge on any atom is 0.233 e. The van der Waals surface area contributed by atoms with Crippen molar-refractivity contribution >= 4 is 27.5 Å². The first kappa shape index (κ1) is 21.6. The standard InChI is InChI=1S/C23H25N3O3S2/c1-17(23(27)24-20-12-13-31(28,29)16-20)30-15-19-14-26(21-10-6-3-7-11-21)25-22(19)18-8-4-2-5-9-18/h2-11,14,17,20H,12-13,15-16H2,1H3,(H,24,27)/t17-,20-/m1/s1. The quantitative estimate of drug-likeness (QED) is 0.590. The molecule has 2 atom stereocenters. The van der Waals surface area contributed by atoms with Crippen LogP contribution in [0, 0.1) is 0 Å². The lowest BCUT2D eigenvalue weighted by molar-refractivity contribution is -0.120. The fourth-order valence-electron chi connectivity index (χ4n) is 3.59. The van der Waals surface area contributed by atoms with Gasteiger partial charge in [0, 0.05) is 29.1 Å². The summed E-state index contributed by atoms with van der Waals surface area (Å²) in [4.78, 5) is 12.6. The van der Waals surface area contributed by atoms with E-state index >= 15 is 0 Å². The number of thioether (sulfide) groups is 1. The van der Waals surface area contributed by atoms with Gasteiger partial charge in [0.15, 0.2) is 9.84 Å². The van der Waals surface area contributed by atoms with Crippen LogP contribution in [-0.4, -0.2) is 46.9 Å². The van der Waals surface area contributed by atoms with Crippen molar-refractivity contribution in [2.75, 3.05) is 11.5 Å². The minimum absolute atomic E-state index is 0.0398. The molecule has 1 aliphatic heterocycles. The van der Waals surface area contributed by atoms with Crippen LogP contribution in [0.3, 0.4) is 0 Å². The number of hydrogen-bond donors (Lipinski definition) is 1. The number of nitrogens with zero attached hydrogens (tertiary/aromatic N) is 2. The fraction of sp³-hybridized carbons (Fsp3) is 0.304. The van der Waals surface area contributed by atoms with Crippen LogP contribution in [0.15, 0.2) is 66.9 Å². The molecule has 1 fully saturated rings. The van der Waals surface area contributed by atoms with Crippen molar-refractivity contribution in [3.63, 3.8) is 0 Å². The van der Waals surface area contributed by atoms with Gasteiger partial charge < -0.3 is 5.32 Å². The van der Waals surface area contributed by atoms with Gasteiger partial charge in [-0.25, -0.2) is 13.1 Å². The maximum absolute atomic E-state index is 12.6. The highest BCUT2D eigenvalue weighted by atomic mass is 32.2. The molecule has 1 saturated heterocycles. The van der Waals surface area contributed by atoms with Crippen LogP contribution < -0.4 is 5.32 Å². The second kappa shape index (κ2) is 9.28. The van der Waals surface area contributed by atoms with Gasteiger partial charge in [-0.05, 0) is 25.5 Å². The predicted molar refractivity (Wildman–Crippen MR) is 125 cm³/mol. The molecule has 3 aromatic rings. The van der Waals surface area contributed by atoms with E-state index in [0.717, 1.165) is 22.5 Å². The number of sulfone groups is 1. The first-order valence-electron chi connectivity index (χ1n) is 10.2. The molecule has 0 unspecified atom stereocenters. The fourth-order valence-corrected chi connectivity index (χ4v) is 6.12. The van der Waals surface area contributed by atoms with E-state index in [4.69, 9.17) is 5.10 Å². The Kier molecular flexibility index (Phi) is 6.48. The summed E-state index contributed by atoms with van der Waals surface area (Å²) in [6, 6.07) is 19.7. The number of carbonyl (C=O) groups is 1. The van der Waals surface area contributed by atoms with Crippen LogP contribution in [-0.2, 0) is 20.4 Å². The third kappa shape index (κ3) is 5.37.